The number of pyridine rings is 1. The van der Waals surface area contributed by atoms with Gasteiger partial charge in [-0.25, -0.2) is 0 Å². The first-order valence-electron chi connectivity index (χ1n) is 5.81. The van der Waals surface area contributed by atoms with E-state index in [9.17, 15) is 0 Å². The van der Waals surface area contributed by atoms with E-state index in [2.05, 4.69) is 23.0 Å². The largest absolute Gasteiger partial charge is 0.378 e. The van der Waals surface area contributed by atoms with Gasteiger partial charge in [0.15, 0.2) is 0 Å². The van der Waals surface area contributed by atoms with Gasteiger partial charge >= 0.3 is 0 Å². The fourth-order valence-electron chi connectivity index (χ4n) is 2.00. The van der Waals surface area contributed by atoms with Crippen molar-refractivity contribution in [3.8, 4) is 6.07 Å². The van der Waals surface area contributed by atoms with Crippen LogP contribution in [0.15, 0.2) is 24.5 Å². The summed E-state index contributed by atoms with van der Waals surface area (Å²) in [6, 6.07) is 6.42. The van der Waals surface area contributed by atoms with E-state index >= 15 is 0 Å². The summed E-state index contributed by atoms with van der Waals surface area (Å²) in [4.78, 5) is 6.19. The molecule has 4 nitrogen and oxygen atoms in total. The first-order chi connectivity index (χ1) is 8.24. The van der Waals surface area contributed by atoms with Crippen molar-refractivity contribution in [2.45, 2.75) is 6.42 Å². The molecular formula is C13H17N3O. The summed E-state index contributed by atoms with van der Waals surface area (Å²) < 4.78 is 5.14. The Bertz CT molecular complexity index is 395. The van der Waals surface area contributed by atoms with Crippen molar-refractivity contribution in [1.82, 2.24) is 9.88 Å². The van der Waals surface area contributed by atoms with Crippen LogP contribution in [0.3, 0.4) is 0 Å². The van der Waals surface area contributed by atoms with Crippen molar-refractivity contribution in [2.24, 2.45) is 5.41 Å². The van der Waals surface area contributed by atoms with Gasteiger partial charge in [-0.05, 0) is 31.2 Å². The first-order valence-corrected chi connectivity index (χ1v) is 5.81. The Kier molecular flexibility index (Phi) is 3.72. The molecule has 1 aliphatic heterocycles. The molecule has 1 saturated heterocycles. The van der Waals surface area contributed by atoms with Crippen LogP contribution in [0.5, 0.6) is 0 Å². The topological polar surface area (TPSA) is 49.2 Å². The molecule has 4 heteroatoms. The van der Waals surface area contributed by atoms with Crippen molar-refractivity contribution < 1.29 is 4.74 Å². The highest BCUT2D eigenvalue weighted by molar-refractivity contribution is 5.10. The van der Waals surface area contributed by atoms with Gasteiger partial charge in [-0.1, -0.05) is 0 Å². The number of likely N-dealkylation sites (N-methyl/N-ethyl adjacent to an activating group) is 1. The third kappa shape index (κ3) is 3.02. The maximum Gasteiger partial charge on any atom is 0.116 e. The Balaban J connectivity index is 1.78. The molecule has 0 aromatic carbocycles. The summed E-state index contributed by atoms with van der Waals surface area (Å²) in [6.45, 7) is 2.88. The zero-order chi connectivity index (χ0) is 12.1. The van der Waals surface area contributed by atoms with Crippen LogP contribution in [-0.2, 0) is 11.2 Å². The normalized spacial score (nSPS) is 17.5. The highest BCUT2D eigenvalue weighted by Crippen LogP contribution is 2.27. The number of hydrogen-bond donors (Lipinski definition) is 0. The highest BCUT2D eigenvalue weighted by atomic mass is 16.5. The van der Waals surface area contributed by atoms with Crippen molar-refractivity contribution in [2.75, 3.05) is 33.4 Å². The van der Waals surface area contributed by atoms with Crippen LogP contribution in [0.4, 0.5) is 0 Å². The van der Waals surface area contributed by atoms with E-state index in [1.54, 1.807) is 0 Å². The maximum absolute atomic E-state index is 9.11. The quantitative estimate of drug-likeness (QED) is 0.761. The van der Waals surface area contributed by atoms with Crippen molar-refractivity contribution in [3.05, 3.63) is 30.1 Å². The second kappa shape index (κ2) is 5.26. The average Bonchev–Trinajstić information content (AvgIpc) is 2.33. The second-order valence-electron chi connectivity index (χ2n) is 4.73. The van der Waals surface area contributed by atoms with Crippen molar-refractivity contribution in [3.63, 3.8) is 0 Å². The minimum absolute atomic E-state index is 0.271. The fourth-order valence-corrected chi connectivity index (χ4v) is 2.00. The summed E-state index contributed by atoms with van der Waals surface area (Å²) in [5.74, 6) is 0. The van der Waals surface area contributed by atoms with Gasteiger partial charge in [-0.2, -0.15) is 5.26 Å². The SMILES string of the molecule is CN(CCc1ccncc1)CC1(C#N)COC1. The van der Waals surface area contributed by atoms with E-state index in [-0.39, 0.29) is 5.41 Å². The molecule has 0 spiro atoms. The van der Waals surface area contributed by atoms with E-state index < -0.39 is 0 Å². The van der Waals surface area contributed by atoms with Gasteiger partial charge < -0.3 is 9.64 Å². The number of ether oxygens (including phenoxy) is 1. The lowest BCUT2D eigenvalue weighted by Crippen LogP contribution is -2.49. The Morgan fingerprint density at radius 1 is 1.47 bits per heavy atom. The molecule has 1 aliphatic rings. The molecule has 1 aromatic rings. The number of nitrogens with zero attached hydrogens (tertiary/aromatic N) is 3. The summed E-state index contributed by atoms with van der Waals surface area (Å²) in [5, 5.41) is 9.11. The van der Waals surface area contributed by atoms with Crippen LogP contribution in [0, 0.1) is 16.7 Å². The predicted molar refractivity (Wildman–Crippen MR) is 64.3 cm³/mol. The summed E-state index contributed by atoms with van der Waals surface area (Å²) in [5.41, 5.74) is 1.01. The van der Waals surface area contributed by atoms with Gasteiger partial charge in [-0.15, -0.1) is 0 Å². The van der Waals surface area contributed by atoms with Gasteiger partial charge in [0.05, 0.1) is 19.3 Å². The Hall–Kier alpha value is -1.44. The van der Waals surface area contributed by atoms with Crippen molar-refractivity contribution >= 4 is 0 Å². The number of aromatic nitrogens is 1. The van der Waals surface area contributed by atoms with Crippen LogP contribution < -0.4 is 0 Å². The number of nitriles is 1. The average molecular weight is 231 g/mol. The summed E-state index contributed by atoms with van der Waals surface area (Å²) in [7, 11) is 2.05. The maximum atomic E-state index is 9.11. The fraction of sp³-hybridized carbons (Fsp3) is 0.538. The van der Waals surface area contributed by atoms with Crippen LogP contribution in [0.25, 0.3) is 0 Å². The van der Waals surface area contributed by atoms with E-state index in [0.717, 1.165) is 19.5 Å². The molecule has 1 aromatic heterocycles. The molecule has 0 atom stereocenters. The molecule has 0 unspecified atom stereocenters. The van der Waals surface area contributed by atoms with Gasteiger partial charge in [0.25, 0.3) is 0 Å². The lowest BCUT2D eigenvalue weighted by Gasteiger charge is -2.37. The van der Waals surface area contributed by atoms with Gasteiger partial charge in [0, 0.05) is 25.5 Å². The molecule has 2 rings (SSSR count). The Labute approximate surface area is 102 Å². The zero-order valence-electron chi connectivity index (χ0n) is 10.1. The second-order valence-corrected chi connectivity index (χ2v) is 4.73. The monoisotopic (exact) mass is 231 g/mol. The summed E-state index contributed by atoms with van der Waals surface area (Å²) >= 11 is 0. The minimum atomic E-state index is -0.271. The molecule has 0 aliphatic carbocycles. The van der Waals surface area contributed by atoms with Crippen LogP contribution in [-0.4, -0.2) is 43.2 Å². The molecule has 0 saturated carbocycles. The van der Waals surface area contributed by atoms with E-state index in [1.165, 1.54) is 5.56 Å². The van der Waals surface area contributed by atoms with Crippen LogP contribution in [0.2, 0.25) is 0 Å². The predicted octanol–water partition coefficient (Wildman–Crippen LogP) is 1.10. The van der Waals surface area contributed by atoms with E-state index in [1.807, 2.05) is 24.5 Å². The standard InChI is InChI=1S/C13H17N3O/c1-16(9-13(8-14)10-17-11-13)7-4-12-2-5-15-6-3-12/h2-3,5-6H,4,7,9-11H2,1H3. The number of rotatable bonds is 5. The molecule has 2 heterocycles. The third-order valence-electron chi connectivity index (χ3n) is 3.10. The summed E-state index contributed by atoms with van der Waals surface area (Å²) in [6.07, 6.45) is 4.61. The third-order valence-corrected chi connectivity index (χ3v) is 3.10. The molecule has 0 N–H and O–H groups in total. The molecule has 0 radical (unpaired) electrons. The lowest BCUT2D eigenvalue weighted by molar-refractivity contribution is -0.0886. The van der Waals surface area contributed by atoms with Crippen LogP contribution in [0.1, 0.15) is 5.56 Å². The lowest BCUT2D eigenvalue weighted by atomic mass is 9.87. The molecule has 90 valence electrons. The molecule has 0 bridgehead atoms. The smallest absolute Gasteiger partial charge is 0.116 e. The number of hydrogen-bond acceptors (Lipinski definition) is 4. The Morgan fingerprint density at radius 2 is 2.18 bits per heavy atom. The molecule has 0 amide bonds. The molecule has 1 fully saturated rings. The first kappa shape index (κ1) is 12.0. The van der Waals surface area contributed by atoms with Crippen molar-refractivity contribution in [1.29, 1.82) is 5.26 Å². The highest BCUT2D eigenvalue weighted by Gasteiger charge is 2.39. The molecular weight excluding hydrogens is 214 g/mol. The van der Waals surface area contributed by atoms with Gasteiger partial charge in [0.1, 0.15) is 5.41 Å². The minimum Gasteiger partial charge on any atom is -0.378 e. The Morgan fingerprint density at radius 3 is 2.71 bits per heavy atom. The zero-order valence-corrected chi connectivity index (χ0v) is 10.1. The van der Waals surface area contributed by atoms with Gasteiger partial charge in [0.2, 0.25) is 0 Å². The van der Waals surface area contributed by atoms with E-state index in [0.29, 0.717) is 13.2 Å². The van der Waals surface area contributed by atoms with E-state index in [4.69, 9.17) is 10.00 Å². The van der Waals surface area contributed by atoms with Gasteiger partial charge in [-0.3, -0.25) is 4.98 Å². The van der Waals surface area contributed by atoms with Crippen LogP contribution >= 0.6 is 0 Å². The molecule has 17 heavy (non-hydrogen) atoms.